The summed E-state index contributed by atoms with van der Waals surface area (Å²) in [5.74, 6) is -0.407. The van der Waals surface area contributed by atoms with Crippen LogP contribution in [0.4, 0.5) is 5.69 Å². The maximum absolute atomic E-state index is 12.1. The largest absolute Gasteiger partial charge is 0.383 e. The average Bonchev–Trinajstić information content (AvgIpc) is 2.53. The second kappa shape index (κ2) is 6.60. The van der Waals surface area contributed by atoms with Crippen molar-refractivity contribution in [1.82, 2.24) is 0 Å². The number of hydrogen-bond donors (Lipinski definition) is 1. The Hall–Kier alpha value is -2.05. The topological polar surface area (TPSA) is 80.4 Å². The number of non-ortho nitro benzene ring substituents is 1. The summed E-state index contributed by atoms with van der Waals surface area (Å²) < 4.78 is 0. The van der Waals surface area contributed by atoms with Crippen molar-refractivity contribution in [3.8, 4) is 0 Å². The minimum Gasteiger partial charge on any atom is -0.383 e. The van der Waals surface area contributed by atoms with Crippen molar-refractivity contribution in [3.63, 3.8) is 0 Å². The summed E-state index contributed by atoms with van der Waals surface area (Å²) in [5.41, 5.74) is 0.969. The van der Waals surface area contributed by atoms with Crippen LogP contribution >= 0.6 is 15.9 Å². The highest BCUT2D eigenvalue weighted by Crippen LogP contribution is 2.29. The molecule has 0 aromatic heterocycles. The molecule has 1 N–H and O–H groups in total. The molecule has 0 unspecified atom stereocenters. The molecule has 0 spiro atoms. The minimum atomic E-state index is -1.27. The van der Waals surface area contributed by atoms with Crippen molar-refractivity contribution in [2.75, 3.05) is 0 Å². The summed E-state index contributed by atoms with van der Waals surface area (Å²) in [4.78, 5) is 21.6. The number of hydrogen-bond acceptors (Lipinski definition) is 4. The van der Waals surface area contributed by atoms with Gasteiger partial charge < -0.3 is 5.11 Å². The number of alkyl halides is 1. The molecule has 6 heteroatoms. The molecule has 2 aromatic rings. The Bertz CT molecular complexity index is 642. The Morgan fingerprint density at radius 2 is 1.67 bits per heavy atom. The van der Waals surface area contributed by atoms with Crippen LogP contribution in [-0.2, 0) is 0 Å². The van der Waals surface area contributed by atoms with Gasteiger partial charge in [0.05, 0.1) is 9.75 Å². The molecule has 0 aliphatic rings. The number of benzene rings is 2. The van der Waals surface area contributed by atoms with Crippen molar-refractivity contribution >= 4 is 27.4 Å². The molecule has 21 heavy (non-hydrogen) atoms. The van der Waals surface area contributed by atoms with Crippen molar-refractivity contribution in [3.05, 3.63) is 75.8 Å². The summed E-state index contributed by atoms with van der Waals surface area (Å²) in [6.07, 6.45) is -1.27. The fraction of sp³-hybridized carbons (Fsp3) is 0.133. The van der Waals surface area contributed by atoms with Crippen LogP contribution in [0.15, 0.2) is 54.6 Å². The van der Waals surface area contributed by atoms with E-state index in [1.807, 2.05) is 0 Å². The Kier molecular flexibility index (Phi) is 4.82. The van der Waals surface area contributed by atoms with Gasteiger partial charge in [0.15, 0.2) is 5.78 Å². The number of aliphatic hydroxyl groups excluding tert-OH is 1. The summed E-state index contributed by atoms with van der Waals surface area (Å²) in [7, 11) is 0. The number of nitro groups is 1. The van der Waals surface area contributed by atoms with Crippen molar-refractivity contribution < 1.29 is 14.8 Å². The molecule has 0 aliphatic carbocycles. The molecular formula is C15H12BrNO4. The normalized spacial score (nSPS) is 13.4. The maximum atomic E-state index is 12.1. The Morgan fingerprint density at radius 1 is 1.10 bits per heavy atom. The van der Waals surface area contributed by atoms with Gasteiger partial charge >= 0.3 is 0 Å². The highest BCUT2D eigenvalue weighted by Gasteiger charge is 2.26. The third-order valence-corrected chi connectivity index (χ3v) is 4.06. The van der Waals surface area contributed by atoms with Crippen LogP contribution < -0.4 is 0 Å². The second-order valence-corrected chi connectivity index (χ2v) is 5.41. The number of rotatable bonds is 5. The van der Waals surface area contributed by atoms with E-state index in [-0.39, 0.29) is 5.69 Å². The second-order valence-electron chi connectivity index (χ2n) is 4.43. The lowest BCUT2D eigenvalue weighted by molar-refractivity contribution is -0.384. The molecule has 108 valence electrons. The standard InChI is InChI=1S/C15H12BrNO4/c16-13(10-6-8-12(9-7-10)17(20)21)15(19)14(18)11-4-2-1-3-5-11/h1-9,13,15,19H/t13-,15+/m1/s1. The van der Waals surface area contributed by atoms with Gasteiger partial charge in [-0.1, -0.05) is 58.4 Å². The highest BCUT2D eigenvalue weighted by molar-refractivity contribution is 9.09. The average molecular weight is 350 g/mol. The monoisotopic (exact) mass is 349 g/mol. The first kappa shape index (κ1) is 15.3. The van der Waals surface area contributed by atoms with Crippen molar-refractivity contribution in [2.45, 2.75) is 10.9 Å². The molecule has 0 saturated carbocycles. The molecular weight excluding hydrogens is 338 g/mol. The van der Waals surface area contributed by atoms with Crippen LogP contribution in [0, 0.1) is 10.1 Å². The summed E-state index contributed by atoms with van der Waals surface area (Å²) in [6, 6.07) is 14.2. The number of carbonyl (C=O) groups excluding carboxylic acids is 1. The van der Waals surface area contributed by atoms with Crippen LogP contribution in [0.3, 0.4) is 0 Å². The van der Waals surface area contributed by atoms with Gasteiger partial charge in [0.25, 0.3) is 5.69 Å². The molecule has 0 fully saturated rings. The molecule has 0 saturated heterocycles. The summed E-state index contributed by atoms with van der Waals surface area (Å²) in [5, 5.41) is 20.7. The zero-order chi connectivity index (χ0) is 15.4. The zero-order valence-electron chi connectivity index (χ0n) is 10.8. The molecule has 5 nitrogen and oxygen atoms in total. The quantitative estimate of drug-likeness (QED) is 0.388. The van der Waals surface area contributed by atoms with Gasteiger partial charge in [0.1, 0.15) is 6.10 Å². The van der Waals surface area contributed by atoms with Crippen molar-refractivity contribution in [2.24, 2.45) is 0 Å². The van der Waals surface area contributed by atoms with E-state index in [1.165, 1.54) is 24.3 Å². The lowest BCUT2D eigenvalue weighted by atomic mass is 10.00. The number of ketones is 1. The summed E-state index contributed by atoms with van der Waals surface area (Å²) >= 11 is 3.27. The van der Waals surface area contributed by atoms with E-state index >= 15 is 0 Å². The Balaban J connectivity index is 2.17. The molecule has 0 heterocycles. The van der Waals surface area contributed by atoms with E-state index in [2.05, 4.69) is 15.9 Å². The van der Waals surface area contributed by atoms with Crippen LogP contribution in [-0.4, -0.2) is 21.9 Å². The van der Waals surface area contributed by atoms with Crippen molar-refractivity contribution in [1.29, 1.82) is 0 Å². The number of nitrogens with zero attached hydrogens (tertiary/aromatic N) is 1. The van der Waals surface area contributed by atoms with Gasteiger partial charge in [-0.25, -0.2) is 0 Å². The van der Waals surface area contributed by atoms with Gasteiger partial charge in [-0.05, 0) is 5.56 Å². The van der Waals surface area contributed by atoms with Crippen LogP contribution in [0.5, 0.6) is 0 Å². The van der Waals surface area contributed by atoms with E-state index in [0.29, 0.717) is 11.1 Å². The van der Waals surface area contributed by atoms with Gasteiger partial charge in [-0.15, -0.1) is 0 Å². The third kappa shape index (κ3) is 3.53. The lowest BCUT2D eigenvalue weighted by Gasteiger charge is -2.16. The first-order valence-electron chi connectivity index (χ1n) is 6.16. The van der Waals surface area contributed by atoms with E-state index < -0.39 is 21.6 Å². The first-order valence-corrected chi connectivity index (χ1v) is 7.08. The predicted molar refractivity (Wildman–Crippen MR) is 81.5 cm³/mol. The zero-order valence-corrected chi connectivity index (χ0v) is 12.4. The fourth-order valence-electron chi connectivity index (χ4n) is 1.87. The van der Waals surface area contributed by atoms with E-state index in [0.717, 1.165) is 0 Å². The Labute approximate surface area is 129 Å². The molecule has 2 atom stereocenters. The van der Waals surface area contributed by atoms with Gasteiger partial charge in [0.2, 0.25) is 0 Å². The maximum Gasteiger partial charge on any atom is 0.269 e. The van der Waals surface area contributed by atoms with E-state index in [9.17, 15) is 20.0 Å². The number of aliphatic hydroxyl groups is 1. The Morgan fingerprint density at radius 3 is 2.19 bits per heavy atom. The van der Waals surface area contributed by atoms with E-state index in [1.54, 1.807) is 30.3 Å². The van der Waals surface area contributed by atoms with Gasteiger partial charge in [-0.2, -0.15) is 0 Å². The summed E-state index contributed by atoms with van der Waals surface area (Å²) in [6.45, 7) is 0. The first-order chi connectivity index (χ1) is 10.0. The smallest absolute Gasteiger partial charge is 0.269 e. The SMILES string of the molecule is O=C(c1ccccc1)[C@@H](O)[C@H](Br)c1ccc([N+](=O)[O-])cc1. The lowest BCUT2D eigenvalue weighted by Crippen LogP contribution is -2.25. The fourth-order valence-corrected chi connectivity index (χ4v) is 2.41. The molecule has 2 rings (SSSR count). The van der Waals surface area contributed by atoms with Gasteiger partial charge in [0, 0.05) is 17.7 Å². The van der Waals surface area contributed by atoms with E-state index in [4.69, 9.17) is 0 Å². The minimum absolute atomic E-state index is 0.0395. The molecule has 0 aliphatic heterocycles. The number of Topliss-reactive ketones (excluding diaryl/α,β-unsaturated/α-hetero) is 1. The van der Waals surface area contributed by atoms with Crippen LogP contribution in [0.1, 0.15) is 20.7 Å². The third-order valence-electron chi connectivity index (χ3n) is 3.03. The molecule has 0 bridgehead atoms. The molecule has 0 radical (unpaired) electrons. The number of carbonyl (C=O) groups is 1. The van der Waals surface area contributed by atoms with Crippen LogP contribution in [0.25, 0.3) is 0 Å². The predicted octanol–water partition coefficient (Wildman–Crippen LogP) is 3.27. The van der Waals surface area contributed by atoms with Crippen LogP contribution in [0.2, 0.25) is 0 Å². The highest BCUT2D eigenvalue weighted by atomic mass is 79.9. The molecule has 2 aromatic carbocycles. The molecule has 0 amide bonds. The van der Waals surface area contributed by atoms with Gasteiger partial charge in [-0.3, -0.25) is 14.9 Å². The number of halogens is 1. The number of nitro benzene ring substituents is 1.